The highest BCUT2D eigenvalue weighted by atomic mass is 35.5. The zero-order chi connectivity index (χ0) is 14.7. The first-order valence-corrected chi connectivity index (χ1v) is 6.78. The summed E-state index contributed by atoms with van der Waals surface area (Å²) >= 11 is 5.86. The molecule has 1 aliphatic heterocycles. The summed E-state index contributed by atoms with van der Waals surface area (Å²) in [6, 6.07) is 4.07. The molecule has 1 aromatic rings. The Hall–Kier alpha value is -1.66. The van der Waals surface area contributed by atoms with Gasteiger partial charge in [-0.15, -0.1) is 0 Å². The van der Waals surface area contributed by atoms with Gasteiger partial charge in [-0.2, -0.15) is 0 Å². The number of carbonyl (C=O) groups is 1. The Morgan fingerprint density at radius 3 is 2.75 bits per heavy atom. The first-order chi connectivity index (χ1) is 9.49. The van der Waals surface area contributed by atoms with Gasteiger partial charge in [0, 0.05) is 30.7 Å². The van der Waals surface area contributed by atoms with Crippen molar-refractivity contribution in [3.63, 3.8) is 0 Å². The molecule has 1 aliphatic rings. The Morgan fingerprint density at radius 1 is 1.30 bits per heavy atom. The first kappa shape index (κ1) is 14.7. The molecule has 108 valence electrons. The molecule has 0 aliphatic carbocycles. The van der Waals surface area contributed by atoms with E-state index in [9.17, 15) is 14.9 Å². The van der Waals surface area contributed by atoms with Crippen LogP contribution in [0.2, 0.25) is 5.02 Å². The molecule has 0 atom stereocenters. The van der Waals surface area contributed by atoms with Crippen LogP contribution in [0.1, 0.15) is 16.8 Å². The fraction of sp³-hybridized carbons (Fsp3) is 0.462. The summed E-state index contributed by atoms with van der Waals surface area (Å²) in [6.07, 6.45) is 0.858. The van der Waals surface area contributed by atoms with Crippen LogP contribution in [0.15, 0.2) is 18.2 Å². The van der Waals surface area contributed by atoms with Gasteiger partial charge in [0.25, 0.3) is 11.6 Å². The normalized spacial score (nSPS) is 16.8. The van der Waals surface area contributed by atoms with E-state index in [2.05, 4.69) is 4.90 Å². The predicted octanol–water partition coefficient (Wildman–Crippen LogP) is 2.03. The van der Waals surface area contributed by atoms with Crippen molar-refractivity contribution in [2.45, 2.75) is 6.42 Å². The van der Waals surface area contributed by atoms with Gasteiger partial charge >= 0.3 is 0 Å². The molecular formula is C13H16ClN3O3. The summed E-state index contributed by atoms with van der Waals surface area (Å²) in [5.41, 5.74) is -0.135. The Morgan fingerprint density at radius 2 is 2.05 bits per heavy atom. The molecule has 1 heterocycles. The minimum Gasteiger partial charge on any atom is -0.337 e. The van der Waals surface area contributed by atoms with Gasteiger partial charge in [0.1, 0.15) is 5.56 Å². The lowest BCUT2D eigenvalue weighted by Crippen LogP contribution is -2.34. The zero-order valence-corrected chi connectivity index (χ0v) is 12.0. The van der Waals surface area contributed by atoms with Crippen molar-refractivity contribution in [2.75, 3.05) is 33.2 Å². The number of hydrogen-bond acceptors (Lipinski definition) is 4. The van der Waals surface area contributed by atoms with Crippen molar-refractivity contribution in [2.24, 2.45) is 0 Å². The number of nitro benzene ring substituents is 1. The lowest BCUT2D eigenvalue weighted by atomic mass is 10.1. The minimum absolute atomic E-state index is 0.0621. The topological polar surface area (TPSA) is 66.7 Å². The number of hydrogen-bond donors (Lipinski definition) is 0. The summed E-state index contributed by atoms with van der Waals surface area (Å²) < 4.78 is 0. The third-order valence-electron chi connectivity index (χ3n) is 3.39. The largest absolute Gasteiger partial charge is 0.337 e. The van der Waals surface area contributed by atoms with Crippen LogP contribution in [0, 0.1) is 10.1 Å². The van der Waals surface area contributed by atoms with Crippen LogP contribution in [-0.4, -0.2) is 53.9 Å². The fourth-order valence-corrected chi connectivity index (χ4v) is 2.43. The standard InChI is InChI=1S/C13H16ClN3O3/c1-15-5-2-6-16(8-7-15)13(18)11-9-10(14)3-4-12(11)17(19)20/h3-4,9H,2,5-8H2,1H3. The molecule has 0 bridgehead atoms. The highest BCUT2D eigenvalue weighted by Crippen LogP contribution is 2.24. The van der Waals surface area contributed by atoms with Crippen LogP contribution >= 0.6 is 11.6 Å². The molecule has 0 saturated carbocycles. The van der Waals surface area contributed by atoms with Crippen LogP contribution in [-0.2, 0) is 0 Å². The van der Waals surface area contributed by atoms with E-state index in [0.29, 0.717) is 18.1 Å². The lowest BCUT2D eigenvalue weighted by Gasteiger charge is -2.20. The van der Waals surface area contributed by atoms with Crippen LogP contribution in [0.5, 0.6) is 0 Å². The number of nitro groups is 1. The second-order valence-corrected chi connectivity index (χ2v) is 5.30. The summed E-state index contributed by atoms with van der Waals surface area (Å²) in [6.45, 7) is 2.85. The van der Waals surface area contributed by atoms with Gasteiger partial charge in [0.2, 0.25) is 0 Å². The van der Waals surface area contributed by atoms with Crippen LogP contribution in [0.25, 0.3) is 0 Å². The van der Waals surface area contributed by atoms with Gasteiger partial charge < -0.3 is 9.80 Å². The van der Waals surface area contributed by atoms with Gasteiger partial charge in [0.05, 0.1) is 4.92 Å². The van der Waals surface area contributed by atoms with E-state index in [1.165, 1.54) is 18.2 Å². The van der Waals surface area contributed by atoms with E-state index in [-0.39, 0.29) is 17.2 Å². The van der Waals surface area contributed by atoms with E-state index in [4.69, 9.17) is 11.6 Å². The number of halogens is 1. The monoisotopic (exact) mass is 297 g/mol. The Kier molecular flexibility index (Phi) is 4.57. The zero-order valence-electron chi connectivity index (χ0n) is 11.2. The van der Waals surface area contributed by atoms with Crippen LogP contribution < -0.4 is 0 Å². The van der Waals surface area contributed by atoms with Crippen molar-refractivity contribution in [1.29, 1.82) is 0 Å². The predicted molar refractivity (Wildman–Crippen MR) is 76.1 cm³/mol. The Bertz CT molecular complexity index is 536. The summed E-state index contributed by atoms with van der Waals surface area (Å²) in [5.74, 6) is -0.325. The molecule has 0 spiro atoms. The van der Waals surface area contributed by atoms with E-state index in [1.54, 1.807) is 4.90 Å². The molecule has 0 aromatic heterocycles. The van der Waals surface area contributed by atoms with Crippen LogP contribution in [0.3, 0.4) is 0 Å². The number of carbonyl (C=O) groups excluding carboxylic acids is 1. The number of rotatable bonds is 2. The van der Waals surface area contributed by atoms with Crippen molar-refractivity contribution in [1.82, 2.24) is 9.80 Å². The third-order valence-corrected chi connectivity index (χ3v) is 3.63. The average molecular weight is 298 g/mol. The number of benzene rings is 1. The second-order valence-electron chi connectivity index (χ2n) is 4.87. The molecule has 20 heavy (non-hydrogen) atoms. The van der Waals surface area contributed by atoms with Crippen molar-refractivity contribution in [3.05, 3.63) is 38.9 Å². The van der Waals surface area contributed by atoms with Crippen LogP contribution in [0.4, 0.5) is 5.69 Å². The van der Waals surface area contributed by atoms with Gasteiger partial charge in [-0.1, -0.05) is 11.6 Å². The molecule has 1 saturated heterocycles. The number of nitrogens with zero attached hydrogens (tertiary/aromatic N) is 3. The molecule has 7 heteroatoms. The lowest BCUT2D eigenvalue weighted by molar-refractivity contribution is -0.385. The third kappa shape index (κ3) is 3.26. The fourth-order valence-electron chi connectivity index (χ4n) is 2.26. The smallest absolute Gasteiger partial charge is 0.282 e. The molecular weight excluding hydrogens is 282 g/mol. The van der Waals surface area contributed by atoms with Crippen molar-refractivity contribution < 1.29 is 9.72 Å². The maximum atomic E-state index is 12.5. The molecule has 6 nitrogen and oxygen atoms in total. The Balaban J connectivity index is 2.28. The Labute approximate surface area is 122 Å². The summed E-state index contributed by atoms with van der Waals surface area (Å²) in [7, 11) is 2.00. The van der Waals surface area contributed by atoms with E-state index in [0.717, 1.165) is 19.5 Å². The van der Waals surface area contributed by atoms with Crippen molar-refractivity contribution >= 4 is 23.2 Å². The molecule has 1 fully saturated rings. The number of likely N-dealkylation sites (N-methyl/N-ethyl adjacent to an activating group) is 1. The molecule has 0 radical (unpaired) electrons. The van der Waals surface area contributed by atoms with Crippen molar-refractivity contribution in [3.8, 4) is 0 Å². The summed E-state index contributed by atoms with van der Waals surface area (Å²) in [5, 5.41) is 11.3. The molecule has 0 N–H and O–H groups in total. The molecule has 0 unspecified atom stereocenters. The van der Waals surface area contributed by atoms with Gasteiger partial charge in [-0.25, -0.2) is 0 Å². The quantitative estimate of drug-likeness (QED) is 0.619. The van der Waals surface area contributed by atoms with E-state index in [1.807, 2.05) is 7.05 Å². The minimum atomic E-state index is -0.548. The average Bonchev–Trinajstić information content (AvgIpc) is 2.62. The SMILES string of the molecule is CN1CCCN(C(=O)c2cc(Cl)ccc2[N+](=O)[O-])CC1. The number of amides is 1. The van der Waals surface area contributed by atoms with Gasteiger partial charge in [0.15, 0.2) is 0 Å². The molecule has 1 amide bonds. The highest BCUT2D eigenvalue weighted by molar-refractivity contribution is 6.31. The van der Waals surface area contributed by atoms with E-state index < -0.39 is 4.92 Å². The summed E-state index contributed by atoms with van der Waals surface area (Å²) in [4.78, 5) is 26.8. The van der Waals surface area contributed by atoms with Gasteiger partial charge in [-0.05, 0) is 32.1 Å². The van der Waals surface area contributed by atoms with Gasteiger partial charge in [-0.3, -0.25) is 14.9 Å². The molecule has 2 rings (SSSR count). The highest BCUT2D eigenvalue weighted by Gasteiger charge is 2.26. The maximum Gasteiger partial charge on any atom is 0.282 e. The second kappa shape index (κ2) is 6.19. The van der Waals surface area contributed by atoms with E-state index >= 15 is 0 Å². The maximum absolute atomic E-state index is 12.5. The molecule has 1 aromatic carbocycles. The first-order valence-electron chi connectivity index (χ1n) is 6.41.